The van der Waals surface area contributed by atoms with Gasteiger partial charge in [-0.2, -0.15) is 0 Å². The first kappa shape index (κ1) is 15.8. The average Bonchev–Trinajstić information content (AvgIpc) is 2.49. The van der Waals surface area contributed by atoms with Crippen molar-refractivity contribution >= 4 is 23.2 Å². The second-order valence-corrected chi connectivity index (χ2v) is 7.14. The molecule has 3 rings (SSSR count). The molecule has 0 aromatic heterocycles. The molecule has 1 atom stereocenters. The van der Waals surface area contributed by atoms with Gasteiger partial charge in [-0.1, -0.05) is 26.2 Å². The van der Waals surface area contributed by atoms with Crippen LogP contribution in [0.3, 0.4) is 0 Å². The van der Waals surface area contributed by atoms with Crippen LogP contribution in [0, 0.1) is 5.82 Å². The fourth-order valence-electron chi connectivity index (χ4n) is 4.38. The number of fused-ring (bicyclic) bond motifs is 1. The fraction of sp³-hybridized carbons (Fsp3) is 0.611. The smallest absolute Gasteiger partial charge is 0.228 e. The van der Waals surface area contributed by atoms with Crippen LogP contribution in [-0.2, 0) is 4.79 Å². The maximum atomic E-state index is 13.7. The number of carbonyl (C=O) groups is 1. The van der Waals surface area contributed by atoms with Crippen LogP contribution in [0.15, 0.2) is 18.2 Å². The quantitative estimate of drug-likeness (QED) is 0.701. The predicted octanol–water partition coefficient (Wildman–Crippen LogP) is 5.00. The maximum Gasteiger partial charge on any atom is 0.228 e. The van der Waals surface area contributed by atoms with Crippen molar-refractivity contribution in [1.29, 1.82) is 0 Å². The van der Waals surface area contributed by atoms with Crippen LogP contribution in [0.2, 0.25) is 0 Å². The number of hydrogen-bond donors (Lipinski definition) is 0. The van der Waals surface area contributed by atoms with Crippen molar-refractivity contribution in [3.8, 4) is 0 Å². The molecule has 22 heavy (non-hydrogen) atoms. The number of halogens is 2. The maximum absolute atomic E-state index is 13.7. The van der Waals surface area contributed by atoms with Crippen molar-refractivity contribution in [2.75, 3.05) is 10.8 Å². The summed E-state index contributed by atoms with van der Waals surface area (Å²) in [5.74, 6) is 0.466. The van der Waals surface area contributed by atoms with Crippen molar-refractivity contribution < 1.29 is 9.18 Å². The summed E-state index contributed by atoms with van der Waals surface area (Å²) in [6, 6.07) is 4.84. The van der Waals surface area contributed by atoms with Crippen molar-refractivity contribution in [1.82, 2.24) is 0 Å². The van der Waals surface area contributed by atoms with Crippen LogP contribution in [0.5, 0.6) is 0 Å². The highest BCUT2D eigenvalue weighted by atomic mass is 35.5. The zero-order chi connectivity index (χ0) is 15.7. The SMILES string of the molecule is CC1CC2(CCCCC2)N(C(=O)CCCl)c2ccc(F)cc21. The third-order valence-electron chi connectivity index (χ3n) is 5.26. The Morgan fingerprint density at radius 1 is 1.36 bits per heavy atom. The van der Waals surface area contributed by atoms with E-state index in [0.29, 0.717) is 12.3 Å². The third kappa shape index (κ3) is 2.64. The summed E-state index contributed by atoms with van der Waals surface area (Å²) >= 11 is 5.82. The van der Waals surface area contributed by atoms with Gasteiger partial charge in [0.25, 0.3) is 0 Å². The lowest BCUT2D eigenvalue weighted by molar-refractivity contribution is -0.120. The summed E-state index contributed by atoms with van der Waals surface area (Å²) < 4.78 is 13.7. The average molecular weight is 324 g/mol. The Morgan fingerprint density at radius 3 is 2.77 bits per heavy atom. The first-order valence-corrected chi connectivity index (χ1v) is 8.79. The molecule has 1 aliphatic carbocycles. The van der Waals surface area contributed by atoms with E-state index in [9.17, 15) is 9.18 Å². The molecule has 2 nitrogen and oxygen atoms in total. The molecule has 1 heterocycles. The van der Waals surface area contributed by atoms with E-state index >= 15 is 0 Å². The van der Waals surface area contributed by atoms with E-state index in [4.69, 9.17) is 11.6 Å². The van der Waals surface area contributed by atoms with E-state index in [-0.39, 0.29) is 23.2 Å². The molecule has 2 aliphatic rings. The zero-order valence-electron chi connectivity index (χ0n) is 13.1. The number of rotatable bonds is 2. The molecule has 120 valence electrons. The zero-order valence-corrected chi connectivity index (χ0v) is 13.8. The first-order valence-electron chi connectivity index (χ1n) is 8.26. The van der Waals surface area contributed by atoms with Crippen LogP contribution in [0.1, 0.15) is 63.4 Å². The third-order valence-corrected chi connectivity index (χ3v) is 5.45. The standard InChI is InChI=1S/C18H23ClFNO/c1-13-12-18(8-3-2-4-9-18)21(17(22)7-10-19)16-6-5-14(20)11-15(13)16/h5-6,11,13H,2-4,7-10,12H2,1H3. The van der Waals surface area contributed by atoms with E-state index < -0.39 is 0 Å². The molecular weight excluding hydrogens is 301 g/mol. The molecule has 1 amide bonds. The number of nitrogens with zero attached hydrogens (tertiary/aromatic N) is 1. The highest BCUT2D eigenvalue weighted by molar-refractivity contribution is 6.19. The van der Waals surface area contributed by atoms with Gasteiger partial charge in [0, 0.05) is 23.5 Å². The molecule has 1 spiro atoms. The summed E-state index contributed by atoms with van der Waals surface area (Å²) in [7, 11) is 0. The predicted molar refractivity (Wildman–Crippen MR) is 88.1 cm³/mol. The van der Waals surface area contributed by atoms with E-state index in [0.717, 1.165) is 43.4 Å². The number of anilines is 1. The van der Waals surface area contributed by atoms with Gasteiger partial charge in [-0.15, -0.1) is 11.6 Å². The molecule has 4 heteroatoms. The summed E-state index contributed by atoms with van der Waals surface area (Å²) in [5.41, 5.74) is 1.77. The number of hydrogen-bond acceptors (Lipinski definition) is 1. The molecule has 0 radical (unpaired) electrons. The number of benzene rings is 1. The number of carbonyl (C=O) groups excluding carboxylic acids is 1. The summed E-state index contributed by atoms with van der Waals surface area (Å²) in [4.78, 5) is 14.7. The van der Waals surface area contributed by atoms with E-state index in [1.54, 1.807) is 12.1 Å². The lowest BCUT2D eigenvalue weighted by Crippen LogP contribution is -2.56. The largest absolute Gasteiger partial charge is 0.306 e. The van der Waals surface area contributed by atoms with Gasteiger partial charge in [-0.25, -0.2) is 4.39 Å². The van der Waals surface area contributed by atoms with Crippen LogP contribution in [0.25, 0.3) is 0 Å². The Balaban J connectivity index is 2.09. The minimum Gasteiger partial charge on any atom is -0.306 e. The molecule has 1 aromatic rings. The molecule has 1 unspecified atom stereocenters. The highest BCUT2D eigenvalue weighted by Gasteiger charge is 2.46. The second kappa shape index (κ2) is 6.19. The number of amides is 1. The topological polar surface area (TPSA) is 20.3 Å². The second-order valence-electron chi connectivity index (χ2n) is 6.76. The number of alkyl halides is 1. The molecule has 1 saturated carbocycles. The van der Waals surface area contributed by atoms with Crippen molar-refractivity contribution in [2.45, 2.75) is 63.3 Å². The fourth-order valence-corrected chi connectivity index (χ4v) is 4.54. The molecule has 1 aliphatic heterocycles. The van der Waals surface area contributed by atoms with Crippen LogP contribution in [-0.4, -0.2) is 17.3 Å². The van der Waals surface area contributed by atoms with Crippen LogP contribution in [0.4, 0.5) is 10.1 Å². The molecule has 0 N–H and O–H groups in total. The lowest BCUT2D eigenvalue weighted by atomic mass is 9.70. The van der Waals surface area contributed by atoms with Gasteiger partial charge in [0.15, 0.2) is 0 Å². The summed E-state index contributed by atoms with van der Waals surface area (Å²) in [6.45, 7) is 2.15. The van der Waals surface area contributed by atoms with E-state index in [2.05, 4.69) is 6.92 Å². The normalized spacial score (nSPS) is 23.4. The monoisotopic (exact) mass is 323 g/mol. The van der Waals surface area contributed by atoms with Gasteiger partial charge < -0.3 is 4.90 Å². The summed E-state index contributed by atoms with van der Waals surface area (Å²) in [6.07, 6.45) is 6.92. The Hall–Kier alpha value is -1.09. The van der Waals surface area contributed by atoms with E-state index in [1.165, 1.54) is 12.5 Å². The van der Waals surface area contributed by atoms with E-state index in [1.807, 2.05) is 4.90 Å². The highest BCUT2D eigenvalue weighted by Crippen LogP contribution is 2.49. The molecule has 0 bridgehead atoms. The van der Waals surface area contributed by atoms with Gasteiger partial charge in [0.05, 0.1) is 0 Å². The minimum absolute atomic E-state index is 0.0802. The molecule has 1 fully saturated rings. The Kier molecular flexibility index (Phi) is 4.44. The van der Waals surface area contributed by atoms with Crippen LogP contribution < -0.4 is 4.90 Å². The Morgan fingerprint density at radius 2 is 2.09 bits per heavy atom. The molecule has 0 saturated heterocycles. The van der Waals surface area contributed by atoms with Crippen molar-refractivity contribution in [3.05, 3.63) is 29.6 Å². The Bertz CT molecular complexity index is 568. The Labute approximate surface area is 136 Å². The lowest BCUT2D eigenvalue weighted by Gasteiger charge is -2.52. The molecule has 1 aromatic carbocycles. The van der Waals surface area contributed by atoms with Crippen molar-refractivity contribution in [3.63, 3.8) is 0 Å². The molecular formula is C18H23ClFNO. The van der Waals surface area contributed by atoms with Crippen LogP contribution >= 0.6 is 11.6 Å². The minimum atomic E-state index is -0.227. The van der Waals surface area contributed by atoms with Gasteiger partial charge in [-0.05, 0) is 48.9 Å². The van der Waals surface area contributed by atoms with Gasteiger partial charge in [-0.3, -0.25) is 4.79 Å². The van der Waals surface area contributed by atoms with Crippen molar-refractivity contribution in [2.24, 2.45) is 0 Å². The first-order chi connectivity index (χ1) is 10.6. The van der Waals surface area contributed by atoms with Gasteiger partial charge in [0.2, 0.25) is 5.91 Å². The van der Waals surface area contributed by atoms with Gasteiger partial charge >= 0.3 is 0 Å². The van der Waals surface area contributed by atoms with Gasteiger partial charge in [0.1, 0.15) is 5.82 Å². The summed E-state index contributed by atoms with van der Waals surface area (Å²) in [5, 5.41) is 0.